The van der Waals surface area contributed by atoms with Gasteiger partial charge in [-0.3, -0.25) is 4.79 Å². The number of hydrogen-bond donors (Lipinski definition) is 1. The molecule has 0 fully saturated rings. The lowest BCUT2D eigenvalue weighted by atomic mass is 10.1. The highest BCUT2D eigenvalue weighted by molar-refractivity contribution is 6.31. The lowest BCUT2D eigenvalue weighted by Crippen LogP contribution is -2.13. The van der Waals surface area contributed by atoms with E-state index in [0.29, 0.717) is 32.6 Å². The summed E-state index contributed by atoms with van der Waals surface area (Å²) in [5.74, 6) is -0.108. The zero-order valence-electron chi connectivity index (χ0n) is 16.1. The first kappa shape index (κ1) is 21.9. The maximum absolute atomic E-state index is 12.5. The summed E-state index contributed by atoms with van der Waals surface area (Å²) in [4.78, 5) is 12.5. The summed E-state index contributed by atoms with van der Waals surface area (Å²) in [6, 6.07) is 22.5. The van der Waals surface area contributed by atoms with Crippen LogP contribution >= 0.6 is 23.2 Å². The van der Waals surface area contributed by atoms with Crippen LogP contribution < -0.4 is 10.1 Å². The minimum Gasteiger partial charge on any atom is -0.488 e. The van der Waals surface area contributed by atoms with Gasteiger partial charge in [-0.05, 0) is 66.2 Å². The van der Waals surface area contributed by atoms with Crippen LogP contribution in [-0.2, 0) is 11.4 Å². The van der Waals surface area contributed by atoms with E-state index < -0.39 is 5.91 Å². The smallest absolute Gasteiger partial charge is 0.266 e. The Morgan fingerprint density at radius 3 is 2.29 bits per heavy atom. The van der Waals surface area contributed by atoms with Gasteiger partial charge in [-0.1, -0.05) is 35.3 Å². The summed E-state index contributed by atoms with van der Waals surface area (Å²) in [5, 5.41) is 22.0. The second-order valence-corrected chi connectivity index (χ2v) is 7.28. The van der Waals surface area contributed by atoms with Crippen molar-refractivity contribution in [3.63, 3.8) is 0 Å². The van der Waals surface area contributed by atoms with Gasteiger partial charge < -0.3 is 10.1 Å². The van der Waals surface area contributed by atoms with Crippen LogP contribution in [-0.4, -0.2) is 5.91 Å². The molecular formula is C24H15Cl2N3O2. The number of amides is 1. The summed E-state index contributed by atoms with van der Waals surface area (Å²) in [6.45, 7) is 0.243. The van der Waals surface area contributed by atoms with Gasteiger partial charge in [-0.15, -0.1) is 0 Å². The number of anilines is 1. The highest BCUT2D eigenvalue weighted by Gasteiger charge is 2.12. The quantitative estimate of drug-likeness (QED) is 0.371. The fourth-order valence-corrected chi connectivity index (χ4v) is 2.94. The van der Waals surface area contributed by atoms with Crippen LogP contribution in [0.5, 0.6) is 5.75 Å². The van der Waals surface area contributed by atoms with E-state index in [1.807, 2.05) is 6.07 Å². The number of halogens is 2. The van der Waals surface area contributed by atoms with E-state index in [4.69, 9.17) is 33.2 Å². The van der Waals surface area contributed by atoms with Crippen molar-refractivity contribution in [1.82, 2.24) is 0 Å². The molecule has 3 aromatic rings. The van der Waals surface area contributed by atoms with E-state index in [1.54, 1.807) is 66.7 Å². The van der Waals surface area contributed by atoms with Gasteiger partial charge in [0, 0.05) is 21.3 Å². The monoisotopic (exact) mass is 447 g/mol. The molecule has 31 heavy (non-hydrogen) atoms. The first-order valence-corrected chi connectivity index (χ1v) is 9.84. The molecule has 0 aliphatic rings. The van der Waals surface area contributed by atoms with Gasteiger partial charge in [0.25, 0.3) is 5.91 Å². The summed E-state index contributed by atoms with van der Waals surface area (Å²) < 4.78 is 5.87. The molecule has 0 heterocycles. The Labute approximate surface area is 189 Å². The number of ether oxygens (including phenoxy) is 1. The number of nitriles is 2. The van der Waals surface area contributed by atoms with E-state index in [0.717, 1.165) is 5.56 Å². The van der Waals surface area contributed by atoms with Crippen LogP contribution in [0.1, 0.15) is 16.7 Å². The zero-order valence-corrected chi connectivity index (χ0v) is 17.6. The maximum Gasteiger partial charge on any atom is 0.266 e. The van der Waals surface area contributed by atoms with Crippen molar-refractivity contribution in [3.8, 4) is 17.9 Å². The number of nitrogens with one attached hydrogen (secondary N) is 1. The van der Waals surface area contributed by atoms with Crippen LogP contribution in [0.15, 0.2) is 72.3 Å². The first-order chi connectivity index (χ1) is 15.0. The maximum atomic E-state index is 12.5. The molecule has 0 unspecified atom stereocenters. The predicted molar refractivity (Wildman–Crippen MR) is 121 cm³/mol. The number of carbonyl (C=O) groups excluding carboxylic acids is 1. The summed E-state index contributed by atoms with van der Waals surface area (Å²) in [5.41, 5.74) is 2.32. The third-order valence-corrected chi connectivity index (χ3v) is 4.70. The van der Waals surface area contributed by atoms with Crippen LogP contribution in [0.25, 0.3) is 6.08 Å². The van der Waals surface area contributed by atoms with Gasteiger partial charge >= 0.3 is 0 Å². The topological polar surface area (TPSA) is 85.9 Å². The van der Waals surface area contributed by atoms with Crippen molar-refractivity contribution in [2.45, 2.75) is 6.61 Å². The standard InChI is InChI=1S/C24H15Cl2N3O2/c25-20-5-8-22(9-6-20)29-24(30)19(14-28)11-18-12-21(26)7-10-23(18)31-15-17-3-1-16(13-27)2-4-17/h1-12H,15H2,(H,29,30)/b19-11+. The first-order valence-electron chi connectivity index (χ1n) is 9.08. The summed E-state index contributed by atoms with van der Waals surface area (Å²) in [7, 11) is 0. The van der Waals surface area contributed by atoms with Gasteiger partial charge in [-0.25, -0.2) is 0 Å². The van der Waals surface area contributed by atoms with Crippen molar-refractivity contribution >= 4 is 40.9 Å². The number of rotatable bonds is 6. The van der Waals surface area contributed by atoms with Crippen LogP contribution in [0, 0.1) is 22.7 Å². The molecule has 0 atom stereocenters. The highest BCUT2D eigenvalue weighted by Crippen LogP contribution is 2.26. The number of nitrogens with zero attached hydrogens (tertiary/aromatic N) is 2. The molecule has 0 saturated carbocycles. The molecule has 152 valence electrons. The number of benzene rings is 3. The van der Waals surface area contributed by atoms with Gasteiger partial charge in [0.2, 0.25) is 0 Å². The van der Waals surface area contributed by atoms with Crippen LogP contribution in [0.3, 0.4) is 0 Å². The van der Waals surface area contributed by atoms with Gasteiger partial charge in [0.15, 0.2) is 0 Å². The average Bonchev–Trinajstić information content (AvgIpc) is 2.78. The second-order valence-electron chi connectivity index (χ2n) is 6.41. The Hall–Kier alpha value is -3.77. The van der Waals surface area contributed by atoms with Gasteiger partial charge in [0.05, 0.1) is 11.6 Å². The molecule has 1 amide bonds. The molecule has 3 rings (SSSR count). The van der Waals surface area contributed by atoms with Gasteiger partial charge in [-0.2, -0.15) is 10.5 Å². The largest absolute Gasteiger partial charge is 0.488 e. The predicted octanol–water partition coefficient (Wildman–Crippen LogP) is 5.99. The van der Waals surface area contributed by atoms with Gasteiger partial charge in [0.1, 0.15) is 24.0 Å². The molecule has 0 saturated heterocycles. The van der Waals surface area contributed by atoms with E-state index >= 15 is 0 Å². The Morgan fingerprint density at radius 1 is 0.968 bits per heavy atom. The molecule has 1 N–H and O–H groups in total. The van der Waals surface area contributed by atoms with E-state index in [9.17, 15) is 10.1 Å². The molecular weight excluding hydrogens is 433 g/mol. The Balaban J connectivity index is 1.80. The molecule has 3 aromatic carbocycles. The van der Waals surface area contributed by atoms with E-state index in [-0.39, 0.29) is 12.2 Å². The van der Waals surface area contributed by atoms with E-state index in [1.165, 1.54) is 6.08 Å². The van der Waals surface area contributed by atoms with Crippen molar-refractivity contribution in [1.29, 1.82) is 10.5 Å². The lowest BCUT2D eigenvalue weighted by molar-refractivity contribution is -0.112. The van der Waals surface area contributed by atoms with Crippen LogP contribution in [0.4, 0.5) is 5.69 Å². The Morgan fingerprint density at radius 2 is 1.65 bits per heavy atom. The third-order valence-electron chi connectivity index (χ3n) is 4.22. The third kappa shape index (κ3) is 6.10. The zero-order chi connectivity index (χ0) is 22.2. The highest BCUT2D eigenvalue weighted by atomic mass is 35.5. The fraction of sp³-hybridized carbons (Fsp3) is 0.0417. The van der Waals surface area contributed by atoms with Crippen molar-refractivity contribution in [2.24, 2.45) is 0 Å². The Bertz CT molecular complexity index is 1210. The molecule has 0 aromatic heterocycles. The SMILES string of the molecule is N#C/C(=C\c1cc(Cl)ccc1OCc1ccc(C#N)cc1)C(=O)Nc1ccc(Cl)cc1. The average molecular weight is 448 g/mol. The molecule has 5 nitrogen and oxygen atoms in total. The van der Waals surface area contributed by atoms with E-state index in [2.05, 4.69) is 11.4 Å². The minimum atomic E-state index is -0.567. The lowest BCUT2D eigenvalue weighted by Gasteiger charge is -2.11. The van der Waals surface area contributed by atoms with Crippen molar-refractivity contribution < 1.29 is 9.53 Å². The minimum absolute atomic E-state index is 0.111. The molecule has 0 radical (unpaired) electrons. The fourth-order valence-electron chi connectivity index (χ4n) is 2.64. The molecule has 0 aliphatic heterocycles. The van der Waals surface area contributed by atoms with Crippen molar-refractivity contribution in [2.75, 3.05) is 5.32 Å². The Kier molecular flexibility index (Phi) is 7.30. The molecule has 7 heteroatoms. The summed E-state index contributed by atoms with van der Waals surface area (Å²) >= 11 is 12.0. The van der Waals surface area contributed by atoms with Crippen molar-refractivity contribution in [3.05, 3.63) is 99.0 Å². The summed E-state index contributed by atoms with van der Waals surface area (Å²) in [6.07, 6.45) is 1.42. The number of hydrogen-bond acceptors (Lipinski definition) is 4. The normalized spacial score (nSPS) is 10.6. The number of carbonyl (C=O) groups is 1. The second kappa shape index (κ2) is 10.3. The molecule has 0 aliphatic carbocycles. The molecule has 0 bridgehead atoms. The van der Waals surface area contributed by atoms with Crippen LogP contribution in [0.2, 0.25) is 10.0 Å². The molecule has 0 spiro atoms.